The summed E-state index contributed by atoms with van der Waals surface area (Å²) in [6.45, 7) is 5.90. The van der Waals surface area contributed by atoms with E-state index in [1.54, 1.807) is 10.4 Å². The first kappa shape index (κ1) is 16.5. The minimum Gasteiger partial charge on any atom is -0.316 e. The predicted molar refractivity (Wildman–Crippen MR) is 85.7 cm³/mol. The summed E-state index contributed by atoms with van der Waals surface area (Å²) in [5.41, 5.74) is 1.91. The lowest BCUT2D eigenvalue weighted by Crippen LogP contribution is -2.34. The second kappa shape index (κ2) is 6.90. The van der Waals surface area contributed by atoms with Crippen LogP contribution in [-0.4, -0.2) is 32.9 Å². The highest BCUT2D eigenvalue weighted by Crippen LogP contribution is 2.32. The molecule has 0 aliphatic heterocycles. The number of hydrogen-bond donors (Lipinski definition) is 1. The van der Waals surface area contributed by atoms with Gasteiger partial charge in [-0.1, -0.05) is 19.1 Å². The van der Waals surface area contributed by atoms with Gasteiger partial charge in [0.25, 0.3) is 0 Å². The summed E-state index contributed by atoms with van der Waals surface area (Å²) in [4.78, 5) is 0.462. The summed E-state index contributed by atoms with van der Waals surface area (Å²) in [5.74, 6) is 0.562. The molecule has 0 bridgehead atoms. The van der Waals surface area contributed by atoms with Crippen LogP contribution in [0, 0.1) is 12.8 Å². The molecule has 0 atom stereocenters. The normalized spacial score (nSPS) is 15.6. The van der Waals surface area contributed by atoms with Gasteiger partial charge in [-0.05, 0) is 56.3 Å². The van der Waals surface area contributed by atoms with Crippen molar-refractivity contribution >= 4 is 10.0 Å². The number of hydrogen-bond acceptors (Lipinski definition) is 3. The maximum Gasteiger partial charge on any atom is 0.243 e. The number of benzene rings is 1. The van der Waals surface area contributed by atoms with Gasteiger partial charge in [0, 0.05) is 19.6 Å². The van der Waals surface area contributed by atoms with Gasteiger partial charge in [0.15, 0.2) is 0 Å². The summed E-state index contributed by atoms with van der Waals surface area (Å²) in [6, 6.07) is 5.56. The Balaban J connectivity index is 2.34. The highest BCUT2D eigenvalue weighted by molar-refractivity contribution is 7.89. The van der Waals surface area contributed by atoms with Crippen molar-refractivity contribution < 1.29 is 8.42 Å². The molecular formula is C16H26N2O2S. The SMILES string of the molecule is CCCN(CC1CC1)S(=O)(=O)c1cccc(CNC)c1C. The summed E-state index contributed by atoms with van der Waals surface area (Å²) < 4.78 is 27.6. The Morgan fingerprint density at radius 3 is 2.62 bits per heavy atom. The lowest BCUT2D eigenvalue weighted by atomic mass is 10.1. The molecule has 1 N–H and O–H groups in total. The van der Waals surface area contributed by atoms with Crippen molar-refractivity contribution in [3.8, 4) is 0 Å². The first-order chi connectivity index (χ1) is 10.0. The molecule has 0 saturated heterocycles. The fourth-order valence-electron chi connectivity index (χ4n) is 2.61. The second-order valence-corrected chi connectivity index (χ2v) is 7.78. The third-order valence-electron chi connectivity index (χ3n) is 4.01. The van der Waals surface area contributed by atoms with E-state index in [-0.39, 0.29) is 0 Å². The first-order valence-corrected chi connectivity index (χ1v) is 9.18. The fourth-order valence-corrected chi connectivity index (χ4v) is 4.48. The van der Waals surface area contributed by atoms with Crippen LogP contribution < -0.4 is 5.32 Å². The quantitative estimate of drug-likeness (QED) is 0.802. The van der Waals surface area contributed by atoms with E-state index in [1.807, 2.05) is 33.0 Å². The van der Waals surface area contributed by atoms with Crippen molar-refractivity contribution in [2.24, 2.45) is 5.92 Å². The maximum atomic E-state index is 13.0. The zero-order valence-electron chi connectivity index (χ0n) is 13.2. The first-order valence-electron chi connectivity index (χ1n) is 7.74. The zero-order valence-corrected chi connectivity index (χ0v) is 14.0. The van der Waals surface area contributed by atoms with Gasteiger partial charge in [0.2, 0.25) is 10.0 Å². The van der Waals surface area contributed by atoms with E-state index in [1.165, 1.54) is 0 Å². The van der Waals surface area contributed by atoms with Gasteiger partial charge in [0.1, 0.15) is 0 Å². The molecule has 1 aliphatic rings. The van der Waals surface area contributed by atoms with Crippen LogP contribution in [0.3, 0.4) is 0 Å². The number of rotatable bonds is 8. The molecule has 5 heteroatoms. The highest BCUT2D eigenvalue weighted by atomic mass is 32.2. The fraction of sp³-hybridized carbons (Fsp3) is 0.625. The molecule has 0 radical (unpaired) electrons. The molecule has 1 aromatic rings. The standard InChI is InChI=1S/C16H26N2O2S/c1-4-10-18(12-14-8-9-14)21(19,20)16-7-5-6-15(11-17-3)13(16)2/h5-7,14,17H,4,8-12H2,1-3H3. The third-order valence-corrected chi connectivity index (χ3v) is 6.02. The van der Waals surface area contributed by atoms with Gasteiger partial charge in [-0.2, -0.15) is 4.31 Å². The van der Waals surface area contributed by atoms with E-state index in [2.05, 4.69) is 5.32 Å². The number of nitrogens with zero attached hydrogens (tertiary/aromatic N) is 1. The number of nitrogens with one attached hydrogen (secondary N) is 1. The Kier molecular flexibility index (Phi) is 5.41. The Morgan fingerprint density at radius 1 is 1.33 bits per heavy atom. The smallest absolute Gasteiger partial charge is 0.243 e. The van der Waals surface area contributed by atoms with E-state index in [9.17, 15) is 8.42 Å². The molecule has 4 nitrogen and oxygen atoms in total. The van der Waals surface area contributed by atoms with Crippen LogP contribution in [0.15, 0.2) is 23.1 Å². The van der Waals surface area contributed by atoms with Gasteiger partial charge in [-0.25, -0.2) is 8.42 Å². The van der Waals surface area contributed by atoms with Crippen LogP contribution in [-0.2, 0) is 16.6 Å². The highest BCUT2D eigenvalue weighted by Gasteiger charge is 2.32. The molecule has 1 saturated carbocycles. The average molecular weight is 310 g/mol. The Morgan fingerprint density at radius 2 is 2.05 bits per heavy atom. The maximum absolute atomic E-state index is 13.0. The lowest BCUT2D eigenvalue weighted by Gasteiger charge is -2.23. The molecule has 0 spiro atoms. The molecule has 118 valence electrons. The van der Waals surface area contributed by atoms with Crippen LogP contribution in [0.25, 0.3) is 0 Å². The van der Waals surface area contributed by atoms with Gasteiger partial charge in [0.05, 0.1) is 4.90 Å². The van der Waals surface area contributed by atoms with E-state index >= 15 is 0 Å². The van der Waals surface area contributed by atoms with Crippen molar-refractivity contribution in [2.45, 2.75) is 44.6 Å². The Bertz CT molecular complexity index is 580. The molecule has 1 aliphatic carbocycles. The zero-order chi connectivity index (χ0) is 15.5. The molecule has 0 amide bonds. The van der Waals surface area contributed by atoms with Crippen LogP contribution >= 0.6 is 0 Å². The van der Waals surface area contributed by atoms with Crippen LogP contribution in [0.5, 0.6) is 0 Å². The molecular weight excluding hydrogens is 284 g/mol. The van der Waals surface area contributed by atoms with Crippen molar-refractivity contribution in [1.82, 2.24) is 9.62 Å². The summed E-state index contributed by atoms with van der Waals surface area (Å²) in [7, 11) is -1.51. The van der Waals surface area contributed by atoms with E-state index in [0.717, 1.165) is 30.4 Å². The minimum atomic E-state index is -3.38. The number of sulfonamides is 1. The van der Waals surface area contributed by atoms with Crippen molar-refractivity contribution in [3.63, 3.8) is 0 Å². The molecule has 1 aromatic carbocycles. The summed E-state index contributed by atoms with van der Waals surface area (Å²) in [6.07, 6.45) is 3.17. The van der Waals surface area contributed by atoms with Crippen molar-refractivity contribution in [2.75, 3.05) is 20.1 Å². The van der Waals surface area contributed by atoms with Crippen molar-refractivity contribution in [3.05, 3.63) is 29.3 Å². The van der Waals surface area contributed by atoms with Crippen LogP contribution in [0.2, 0.25) is 0 Å². The van der Waals surface area contributed by atoms with Gasteiger partial charge < -0.3 is 5.32 Å². The lowest BCUT2D eigenvalue weighted by molar-refractivity contribution is 0.395. The minimum absolute atomic E-state index is 0.462. The van der Waals surface area contributed by atoms with Crippen molar-refractivity contribution in [1.29, 1.82) is 0 Å². The predicted octanol–water partition coefficient (Wildman–Crippen LogP) is 2.53. The molecule has 0 unspecified atom stereocenters. The molecule has 0 heterocycles. The third kappa shape index (κ3) is 3.84. The molecule has 1 fully saturated rings. The molecule has 21 heavy (non-hydrogen) atoms. The van der Waals surface area contributed by atoms with Gasteiger partial charge in [-0.3, -0.25) is 0 Å². The molecule has 2 rings (SSSR count). The summed E-state index contributed by atoms with van der Waals surface area (Å²) in [5, 5.41) is 3.09. The van der Waals surface area contributed by atoms with Gasteiger partial charge in [-0.15, -0.1) is 0 Å². The van der Waals surface area contributed by atoms with Gasteiger partial charge >= 0.3 is 0 Å². The van der Waals surface area contributed by atoms with Crippen LogP contribution in [0.4, 0.5) is 0 Å². The van der Waals surface area contributed by atoms with Crippen LogP contribution in [0.1, 0.15) is 37.3 Å². The van der Waals surface area contributed by atoms with E-state index in [4.69, 9.17) is 0 Å². The summed E-state index contributed by atoms with van der Waals surface area (Å²) >= 11 is 0. The Labute approximate surface area is 128 Å². The molecule has 0 aromatic heterocycles. The Hall–Kier alpha value is -0.910. The van der Waals surface area contributed by atoms with E-state index in [0.29, 0.717) is 30.4 Å². The van der Waals surface area contributed by atoms with E-state index < -0.39 is 10.0 Å². The largest absolute Gasteiger partial charge is 0.316 e. The topological polar surface area (TPSA) is 49.4 Å². The second-order valence-electron chi connectivity index (χ2n) is 5.88. The monoisotopic (exact) mass is 310 g/mol. The average Bonchev–Trinajstić information content (AvgIpc) is 3.25.